The Bertz CT molecular complexity index is 705. The van der Waals surface area contributed by atoms with Crippen LogP contribution in [0.15, 0.2) is 36.5 Å². The van der Waals surface area contributed by atoms with E-state index < -0.39 is 5.41 Å². The zero-order valence-corrected chi connectivity index (χ0v) is 13.8. The molecule has 0 bridgehead atoms. The number of carbonyl (C=O) groups excluding carboxylic acids is 2. The minimum atomic E-state index is -0.401. The molecule has 5 nitrogen and oxygen atoms in total. The Morgan fingerprint density at radius 2 is 1.96 bits per heavy atom. The summed E-state index contributed by atoms with van der Waals surface area (Å²) in [6.07, 6.45) is 2.73. The van der Waals surface area contributed by atoms with Crippen molar-refractivity contribution in [2.24, 2.45) is 5.41 Å². The van der Waals surface area contributed by atoms with Crippen molar-refractivity contribution < 1.29 is 9.59 Å². The van der Waals surface area contributed by atoms with Gasteiger partial charge in [0.25, 0.3) is 0 Å². The number of benzene rings is 1. The number of aromatic nitrogens is 1. The summed E-state index contributed by atoms with van der Waals surface area (Å²) in [7, 11) is 0. The molecule has 0 spiro atoms. The summed E-state index contributed by atoms with van der Waals surface area (Å²) in [5.41, 5.74) is 1.26. The predicted molar refractivity (Wildman–Crippen MR) is 92.1 cm³/mol. The van der Waals surface area contributed by atoms with Gasteiger partial charge < -0.3 is 10.6 Å². The molecule has 2 rings (SSSR count). The molecule has 0 unspecified atom stereocenters. The molecule has 1 aromatic carbocycles. The van der Waals surface area contributed by atoms with Gasteiger partial charge in [0.2, 0.25) is 11.8 Å². The highest BCUT2D eigenvalue weighted by molar-refractivity contribution is 5.93. The molecular weight excluding hydrogens is 290 g/mol. The average Bonchev–Trinajstić information content (AvgIpc) is 2.50. The Hall–Kier alpha value is -2.43. The lowest BCUT2D eigenvalue weighted by molar-refractivity contribution is -0.128. The molecule has 0 fully saturated rings. The standard InChI is InChI=1S/C18H23N3O2/c1-18(2,3)17(23)20-11-5-7-16(22)21-14-8-9-15-13(12-14)6-4-10-19-15/h4,6,8-10,12H,5,7,11H2,1-3H3,(H,20,23)(H,21,22). The van der Waals surface area contributed by atoms with E-state index in [1.54, 1.807) is 6.20 Å². The Kier molecular flexibility index (Phi) is 5.32. The molecule has 23 heavy (non-hydrogen) atoms. The molecule has 0 radical (unpaired) electrons. The number of nitrogens with one attached hydrogen (secondary N) is 2. The van der Waals surface area contributed by atoms with Crippen LogP contribution in [0.3, 0.4) is 0 Å². The Morgan fingerprint density at radius 1 is 1.17 bits per heavy atom. The summed E-state index contributed by atoms with van der Waals surface area (Å²) in [5, 5.41) is 6.70. The smallest absolute Gasteiger partial charge is 0.225 e. The molecule has 122 valence electrons. The van der Waals surface area contributed by atoms with Crippen LogP contribution < -0.4 is 10.6 Å². The van der Waals surface area contributed by atoms with E-state index in [0.29, 0.717) is 19.4 Å². The number of fused-ring (bicyclic) bond motifs is 1. The summed E-state index contributed by atoms with van der Waals surface area (Å²) >= 11 is 0. The van der Waals surface area contributed by atoms with Crippen molar-refractivity contribution in [3.8, 4) is 0 Å². The minimum Gasteiger partial charge on any atom is -0.356 e. The van der Waals surface area contributed by atoms with Crippen LogP contribution in [0, 0.1) is 5.41 Å². The van der Waals surface area contributed by atoms with Gasteiger partial charge in [-0.1, -0.05) is 26.8 Å². The van der Waals surface area contributed by atoms with Gasteiger partial charge in [0.1, 0.15) is 0 Å². The van der Waals surface area contributed by atoms with Crippen molar-refractivity contribution in [1.29, 1.82) is 0 Å². The van der Waals surface area contributed by atoms with Gasteiger partial charge in [-0.25, -0.2) is 0 Å². The molecule has 0 aliphatic carbocycles. The van der Waals surface area contributed by atoms with Crippen LogP contribution in [-0.2, 0) is 9.59 Å². The highest BCUT2D eigenvalue weighted by Gasteiger charge is 2.20. The first kappa shape index (κ1) is 16.9. The van der Waals surface area contributed by atoms with E-state index in [2.05, 4.69) is 15.6 Å². The zero-order chi connectivity index (χ0) is 16.9. The van der Waals surface area contributed by atoms with Crippen LogP contribution >= 0.6 is 0 Å². The van der Waals surface area contributed by atoms with Crippen LogP contribution in [0.4, 0.5) is 5.69 Å². The lowest BCUT2D eigenvalue weighted by Crippen LogP contribution is -2.35. The van der Waals surface area contributed by atoms with E-state index in [0.717, 1.165) is 16.6 Å². The lowest BCUT2D eigenvalue weighted by Gasteiger charge is -2.17. The van der Waals surface area contributed by atoms with Crippen molar-refractivity contribution in [3.63, 3.8) is 0 Å². The van der Waals surface area contributed by atoms with Gasteiger partial charge >= 0.3 is 0 Å². The maximum absolute atomic E-state index is 12.0. The quantitative estimate of drug-likeness (QED) is 0.833. The number of pyridine rings is 1. The average molecular weight is 313 g/mol. The number of rotatable bonds is 5. The van der Waals surface area contributed by atoms with Crippen LogP contribution in [0.1, 0.15) is 33.6 Å². The molecule has 0 saturated heterocycles. The number of anilines is 1. The van der Waals surface area contributed by atoms with Crippen molar-refractivity contribution in [3.05, 3.63) is 36.5 Å². The Balaban J connectivity index is 1.79. The third kappa shape index (κ3) is 5.06. The summed E-state index contributed by atoms with van der Waals surface area (Å²) < 4.78 is 0. The number of hydrogen-bond acceptors (Lipinski definition) is 3. The van der Waals surface area contributed by atoms with Crippen LogP contribution in [0.25, 0.3) is 10.9 Å². The molecular formula is C18H23N3O2. The topological polar surface area (TPSA) is 71.1 Å². The second-order valence-electron chi connectivity index (χ2n) is 6.57. The second-order valence-corrected chi connectivity index (χ2v) is 6.57. The number of hydrogen-bond donors (Lipinski definition) is 2. The van der Waals surface area contributed by atoms with Crippen LogP contribution in [0.2, 0.25) is 0 Å². The summed E-state index contributed by atoms with van der Waals surface area (Å²) in [6, 6.07) is 9.45. The Morgan fingerprint density at radius 3 is 2.70 bits per heavy atom. The molecule has 2 N–H and O–H groups in total. The van der Waals surface area contributed by atoms with E-state index in [4.69, 9.17) is 0 Å². The van der Waals surface area contributed by atoms with Crippen molar-refractivity contribution in [1.82, 2.24) is 10.3 Å². The van der Waals surface area contributed by atoms with Crippen molar-refractivity contribution in [2.75, 3.05) is 11.9 Å². The lowest BCUT2D eigenvalue weighted by atomic mass is 9.96. The van der Waals surface area contributed by atoms with Gasteiger partial charge in [0, 0.05) is 35.7 Å². The molecule has 1 aromatic heterocycles. The second kappa shape index (κ2) is 7.22. The minimum absolute atomic E-state index is 0.0000580. The SMILES string of the molecule is CC(C)(C)C(=O)NCCCC(=O)Nc1ccc2ncccc2c1. The van der Waals surface area contributed by atoms with E-state index in [9.17, 15) is 9.59 Å². The first-order valence-electron chi connectivity index (χ1n) is 7.79. The molecule has 0 aliphatic heterocycles. The van der Waals surface area contributed by atoms with Gasteiger partial charge in [-0.05, 0) is 30.7 Å². The maximum Gasteiger partial charge on any atom is 0.225 e. The fourth-order valence-electron chi connectivity index (χ4n) is 2.09. The maximum atomic E-state index is 12.0. The Labute approximate surface area is 136 Å². The predicted octanol–water partition coefficient (Wildman–Crippen LogP) is 3.12. The first-order valence-corrected chi connectivity index (χ1v) is 7.79. The molecule has 0 saturated carbocycles. The van der Waals surface area contributed by atoms with E-state index in [1.807, 2.05) is 51.1 Å². The van der Waals surface area contributed by atoms with Gasteiger partial charge in [-0.15, -0.1) is 0 Å². The number of carbonyl (C=O) groups is 2. The fraction of sp³-hybridized carbons (Fsp3) is 0.389. The molecule has 1 heterocycles. The highest BCUT2D eigenvalue weighted by Crippen LogP contribution is 2.17. The van der Waals surface area contributed by atoms with Gasteiger partial charge in [-0.3, -0.25) is 14.6 Å². The summed E-state index contributed by atoms with van der Waals surface area (Å²) in [4.78, 5) is 27.9. The summed E-state index contributed by atoms with van der Waals surface area (Å²) in [6.45, 7) is 6.10. The largest absolute Gasteiger partial charge is 0.356 e. The van der Waals surface area contributed by atoms with Gasteiger partial charge in [-0.2, -0.15) is 0 Å². The molecule has 0 aliphatic rings. The van der Waals surface area contributed by atoms with E-state index in [1.165, 1.54) is 0 Å². The monoisotopic (exact) mass is 313 g/mol. The fourth-order valence-corrected chi connectivity index (χ4v) is 2.09. The molecule has 0 atom stereocenters. The summed E-state index contributed by atoms with van der Waals surface area (Å²) in [5.74, 6) is -0.0572. The highest BCUT2D eigenvalue weighted by atomic mass is 16.2. The van der Waals surface area contributed by atoms with Crippen molar-refractivity contribution >= 4 is 28.4 Å². The van der Waals surface area contributed by atoms with Crippen LogP contribution in [0.5, 0.6) is 0 Å². The molecule has 2 amide bonds. The zero-order valence-electron chi connectivity index (χ0n) is 13.8. The third-order valence-corrected chi connectivity index (χ3v) is 3.43. The van der Waals surface area contributed by atoms with Crippen molar-refractivity contribution in [2.45, 2.75) is 33.6 Å². The first-order chi connectivity index (χ1) is 10.9. The van der Waals surface area contributed by atoms with Gasteiger partial charge in [0.15, 0.2) is 0 Å². The van der Waals surface area contributed by atoms with E-state index >= 15 is 0 Å². The van der Waals surface area contributed by atoms with E-state index in [-0.39, 0.29) is 11.8 Å². The normalized spacial score (nSPS) is 11.3. The van der Waals surface area contributed by atoms with Gasteiger partial charge in [0.05, 0.1) is 5.52 Å². The third-order valence-electron chi connectivity index (χ3n) is 3.43. The number of nitrogens with zero attached hydrogens (tertiary/aromatic N) is 1. The molecule has 5 heteroatoms. The van der Waals surface area contributed by atoms with Crippen LogP contribution in [-0.4, -0.2) is 23.3 Å². The molecule has 2 aromatic rings. The number of amides is 2.